The summed E-state index contributed by atoms with van der Waals surface area (Å²) >= 11 is 4.96. The van der Waals surface area contributed by atoms with Gasteiger partial charge in [-0.1, -0.05) is 0 Å². The molecule has 1 fully saturated rings. The van der Waals surface area contributed by atoms with Crippen LogP contribution in [0.25, 0.3) is 0 Å². The number of fused-ring (bicyclic) bond motifs is 1. The van der Waals surface area contributed by atoms with Gasteiger partial charge in [-0.05, 0) is 91.4 Å². The molecule has 10 heteroatoms. The van der Waals surface area contributed by atoms with Gasteiger partial charge in [0.1, 0.15) is 0 Å². The van der Waals surface area contributed by atoms with Gasteiger partial charge in [-0.15, -0.1) is 11.3 Å². The van der Waals surface area contributed by atoms with E-state index in [9.17, 15) is 13.6 Å². The van der Waals surface area contributed by atoms with Gasteiger partial charge in [0.15, 0.2) is 6.61 Å². The van der Waals surface area contributed by atoms with Crippen LogP contribution in [-0.4, -0.2) is 59.7 Å². The summed E-state index contributed by atoms with van der Waals surface area (Å²) in [5.41, 5.74) is 2.11. The molecule has 0 radical (unpaired) electrons. The first-order chi connectivity index (χ1) is 17.4. The normalized spacial score (nSPS) is 21.0. The zero-order valence-electron chi connectivity index (χ0n) is 20.6. The molecule has 4 rings (SSSR count). The molecule has 0 saturated heterocycles. The van der Waals surface area contributed by atoms with E-state index in [0.717, 1.165) is 66.5 Å². The largest absolute Gasteiger partial charge is 0.471 e. The van der Waals surface area contributed by atoms with Crippen molar-refractivity contribution in [1.82, 2.24) is 14.9 Å². The van der Waals surface area contributed by atoms with Crippen LogP contribution in [0.2, 0.25) is 0 Å². The predicted molar refractivity (Wildman–Crippen MR) is 141 cm³/mol. The van der Waals surface area contributed by atoms with E-state index in [2.05, 4.69) is 35.8 Å². The van der Waals surface area contributed by atoms with Crippen LogP contribution in [0.4, 0.5) is 8.78 Å². The van der Waals surface area contributed by atoms with Crippen molar-refractivity contribution in [3.63, 3.8) is 0 Å². The van der Waals surface area contributed by atoms with Crippen molar-refractivity contribution in [3.8, 4) is 5.88 Å². The van der Waals surface area contributed by atoms with E-state index < -0.39 is 13.0 Å². The number of carbonyl (C=O) groups is 1. The summed E-state index contributed by atoms with van der Waals surface area (Å²) in [5.74, 6) is 1.27. The Balaban J connectivity index is 1.17. The van der Waals surface area contributed by atoms with Crippen molar-refractivity contribution in [3.05, 3.63) is 37.9 Å². The molecule has 0 atom stereocenters. The van der Waals surface area contributed by atoms with Crippen molar-refractivity contribution in [2.24, 2.45) is 16.8 Å². The van der Waals surface area contributed by atoms with Crippen LogP contribution >= 0.6 is 27.3 Å². The van der Waals surface area contributed by atoms with Gasteiger partial charge in [-0.2, -0.15) is 0 Å². The van der Waals surface area contributed by atoms with Gasteiger partial charge in [0.2, 0.25) is 5.88 Å². The van der Waals surface area contributed by atoms with Crippen LogP contribution in [0.5, 0.6) is 5.88 Å². The molecule has 2 aliphatic rings. The number of aliphatic imine (C=N–C) groups is 1. The number of halogens is 3. The number of carbonyl (C=O) groups excluding carboxylic acids is 1. The van der Waals surface area contributed by atoms with Gasteiger partial charge >= 0.3 is 0 Å². The zero-order chi connectivity index (χ0) is 25.5. The van der Waals surface area contributed by atoms with Gasteiger partial charge < -0.3 is 9.64 Å². The first kappa shape index (κ1) is 27.3. The molecule has 36 heavy (non-hydrogen) atoms. The molecule has 0 bridgehead atoms. The number of ether oxygens (including phenoxy) is 1. The second-order valence-corrected chi connectivity index (χ2v) is 11.9. The highest BCUT2D eigenvalue weighted by molar-refractivity contribution is 9.10. The Bertz CT molecular complexity index is 1060. The Morgan fingerprint density at radius 2 is 2.08 bits per heavy atom. The zero-order valence-corrected chi connectivity index (χ0v) is 23.0. The summed E-state index contributed by atoms with van der Waals surface area (Å²) in [4.78, 5) is 28.5. The van der Waals surface area contributed by atoms with Crippen molar-refractivity contribution < 1.29 is 18.3 Å². The number of rotatable bonds is 9. The van der Waals surface area contributed by atoms with Crippen LogP contribution in [0.3, 0.4) is 0 Å². The summed E-state index contributed by atoms with van der Waals surface area (Å²) in [6.07, 6.45) is 8.85. The fourth-order valence-corrected chi connectivity index (χ4v) is 6.23. The van der Waals surface area contributed by atoms with Gasteiger partial charge in [0, 0.05) is 42.5 Å². The number of hydrogen-bond acceptors (Lipinski definition) is 6. The maximum absolute atomic E-state index is 12.5. The van der Waals surface area contributed by atoms with E-state index in [1.165, 1.54) is 19.3 Å². The average molecular weight is 584 g/mol. The summed E-state index contributed by atoms with van der Waals surface area (Å²) in [6.45, 7) is 4.24. The van der Waals surface area contributed by atoms with Gasteiger partial charge in [-0.25, -0.2) is 23.7 Å². The molecule has 6 nitrogen and oxygen atoms in total. The lowest BCUT2D eigenvalue weighted by molar-refractivity contribution is -0.117. The first-order valence-electron chi connectivity index (χ1n) is 12.7. The molecule has 0 N–H and O–H groups in total. The third kappa shape index (κ3) is 8.11. The predicted octanol–water partition coefficient (Wildman–Crippen LogP) is 5.69. The fourth-order valence-electron chi connectivity index (χ4n) is 4.96. The lowest BCUT2D eigenvalue weighted by atomic mass is 9.81. The number of nitrogens with zero attached hydrogens (tertiary/aromatic N) is 4. The fraction of sp³-hybridized carbons (Fsp3) is 0.615. The maximum Gasteiger partial charge on any atom is 0.272 e. The number of hydrogen-bond donors (Lipinski definition) is 0. The summed E-state index contributed by atoms with van der Waals surface area (Å²) in [5, 5.41) is 0.973. The summed E-state index contributed by atoms with van der Waals surface area (Å²) < 4.78 is 30.8. The number of pyridine rings is 1. The SMILES string of the molecule is Cc1ncc(CC(=O)N=CC2CCC(CCN3CCc4cc(Br)c(OCC(F)F)nc4CC3)CC2)s1. The molecule has 0 aromatic carbocycles. The van der Waals surface area contributed by atoms with E-state index >= 15 is 0 Å². The number of alkyl halides is 2. The highest BCUT2D eigenvalue weighted by Gasteiger charge is 2.23. The Morgan fingerprint density at radius 3 is 2.81 bits per heavy atom. The van der Waals surface area contributed by atoms with Crippen molar-refractivity contribution in [2.45, 2.75) is 64.7 Å². The average Bonchev–Trinajstić information content (AvgIpc) is 3.16. The Morgan fingerprint density at radius 1 is 1.31 bits per heavy atom. The first-order valence-corrected chi connectivity index (χ1v) is 14.3. The Labute approximate surface area is 223 Å². The molecule has 3 heterocycles. The van der Waals surface area contributed by atoms with E-state index in [4.69, 9.17) is 4.74 Å². The van der Waals surface area contributed by atoms with Crippen molar-refractivity contribution in [1.29, 1.82) is 0 Å². The highest BCUT2D eigenvalue weighted by Crippen LogP contribution is 2.31. The smallest absolute Gasteiger partial charge is 0.272 e. The van der Waals surface area contributed by atoms with E-state index in [-0.39, 0.29) is 11.8 Å². The minimum atomic E-state index is -2.52. The third-order valence-corrected chi connectivity index (χ3v) is 8.47. The van der Waals surface area contributed by atoms with E-state index in [1.807, 2.05) is 19.2 Å². The number of amides is 1. The van der Waals surface area contributed by atoms with Gasteiger partial charge in [-0.3, -0.25) is 4.79 Å². The lowest BCUT2D eigenvalue weighted by Gasteiger charge is -2.28. The molecule has 196 valence electrons. The minimum absolute atomic E-state index is 0.0860. The van der Waals surface area contributed by atoms with Crippen LogP contribution in [-0.2, 0) is 24.1 Å². The third-order valence-electron chi connectivity index (χ3n) is 6.99. The minimum Gasteiger partial charge on any atom is -0.471 e. The molecule has 2 aromatic rings. The van der Waals surface area contributed by atoms with Gasteiger partial charge in [0.25, 0.3) is 12.3 Å². The molecular formula is C26H33BrF2N4O2S. The second kappa shape index (κ2) is 13.1. The molecular weight excluding hydrogens is 550 g/mol. The number of aryl methyl sites for hydroxylation is 1. The second-order valence-electron chi connectivity index (χ2n) is 9.69. The van der Waals surface area contributed by atoms with Crippen LogP contribution in [0.15, 0.2) is 21.7 Å². The molecule has 1 saturated carbocycles. The molecule has 1 aliphatic heterocycles. The maximum atomic E-state index is 12.5. The monoisotopic (exact) mass is 582 g/mol. The van der Waals surface area contributed by atoms with Gasteiger partial charge in [0.05, 0.1) is 15.9 Å². The van der Waals surface area contributed by atoms with E-state index in [1.54, 1.807) is 17.5 Å². The van der Waals surface area contributed by atoms with Crippen LogP contribution < -0.4 is 4.74 Å². The lowest BCUT2D eigenvalue weighted by Crippen LogP contribution is -2.29. The molecule has 0 unspecified atom stereocenters. The quantitative estimate of drug-likeness (QED) is 0.355. The molecule has 0 spiro atoms. The van der Waals surface area contributed by atoms with Crippen LogP contribution in [0, 0.1) is 18.8 Å². The summed E-state index contributed by atoms with van der Waals surface area (Å²) in [7, 11) is 0. The molecule has 2 aromatic heterocycles. The topological polar surface area (TPSA) is 67.7 Å². The molecule has 1 amide bonds. The Hall–Kier alpha value is -1.78. The van der Waals surface area contributed by atoms with Crippen LogP contribution in [0.1, 0.15) is 53.2 Å². The van der Waals surface area contributed by atoms with E-state index in [0.29, 0.717) is 22.7 Å². The molecule has 1 aliphatic carbocycles. The van der Waals surface area contributed by atoms with Crippen molar-refractivity contribution in [2.75, 3.05) is 26.2 Å². The summed E-state index contributed by atoms with van der Waals surface area (Å²) in [6, 6.07) is 1.97. The number of thiazole rings is 1. The van der Waals surface area contributed by atoms with Crippen molar-refractivity contribution >= 4 is 39.4 Å². The standard InChI is InChI=1S/C26H33BrF2N4O2S/c1-17-30-15-21(36-17)13-25(34)31-14-19-4-2-18(3-5-19)6-9-33-10-7-20-12-22(27)26(35-16-24(28)29)32-23(20)8-11-33/h12,14-15,18-19,24H,2-11,13,16H2,1H3. The highest BCUT2D eigenvalue weighted by atomic mass is 79.9. The Kier molecular flexibility index (Phi) is 9.95. The number of aromatic nitrogens is 2.